The lowest BCUT2D eigenvalue weighted by atomic mass is 9.82. The van der Waals surface area contributed by atoms with Gasteiger partial charge in [0.25, 0.3) is 0 Å². The second-order valence-corrected chi connectivity index (χ2v) is 6.68. The number of benzene rings is 1. The molecule has 0 aromatic heterocycles. The lowest BCUT2D eigenvalue weighted by Gasteiger charge is -2.32. The SMILES string of the molecule is CC(C)Oc1ccc(C(O)CNC(=O)C2(N)CCCCC2)cc1.Cl. The molecule has 4 N–H and O–H groups in total. The van der Waals surface area contributed by atoms with E-state index in [0.717, 1.165) is 43.4 Å². The van der Waals surface area contributed by atoms with E-state index in [1.807, 2.05) is 38.1 Å². The number of ether oxygens (including phenoxy) is 1. The van der Waals surface area contributed by atoms with Crippen molar-refractivity contribution in [1.29, 1.82) is 0 Å². The Morgan fingerprint density at radius 1 is 1.25 bits per heavy atom. The Morgan fingerprint density at radius 2 is 1.83 bits per heavy atom. The average molecular weight is 357 g/mol. The first-order valence-electron chi connectivity index (χ1n) is 8.42. The molecular formula is C18H29ClN2O3. The van der Waals surface area contributed by atoms with Crippen LogP contribution in [0.5, 0.6) is 5.75 Å². The molecular weight excluding hydrogens is 328 g/mol. The molecule has 0 heterocycles. The van der Waals surface area contributed by atoms with E-state index in [1.54, 1.807) is 0 Å². The van der Waals surface area contributed by atoms with Crippen molar-refractivity contribution in [1.82, 2.24) is 5.32 Å². The summed E-state index contributed by atoms with van der Waals surface area (Å²) in [6, 6.07) is 7.28. The highest BCUT2D eigenvalue weighted by atomic mass is 35.5. The minimum absolute atomic E-state index is 0. The standard InChI is InChI=1S/C18H28N2O3.ClH/c1-13(2)23-15-8-6-14(7-9-15)16(21)12-20-17(22)18(19)10-4-3-5-11-18;/h6-9,13,16,21H,3-5,10-12,19H2,1-2H3,(H,20,22);1H. The van der Waals surface area contributed by atoms with Crippen molar-refractivity contribution in [2.24, 2.45) is 5.73 Å². The third-order valence-corrected chi connectivity index (χ3v) is 4.29. The zero-order valence-electron chi connectivity index (χ0n) is 14.5. The van der Waals surface area contributed by atoms with Gasteiger partial charge >= 0.3 is 0 Å². The Labute approximate surface area is 150 Å². The van der Waals surface area contributed by atoms with Gasteiger partial charge in [0.2, 0.25) is 5.91 Å². The van der Waals surface area contributed by atoms with Gasteiger partial charge in [-0.05, 0) is 44.4 Å². The largest absolute Gasteiger partial charge is 0.491 e. The van der Waals surface area contributed by atoms with Crippen molar-refractivity contribution in [2.75, 3.05) is 6.54 Å². The number of hydrogen-bond donors (Lipinski definition) is 3. The molecule has 0 aliphatic heterocycles. The fourth-order valence-electron chi connectivity index (χ4n) is 2.93. The molecule has 1 fully saturated rings. The van der Waals surface area contributed by atoms with Gasteiger partial charge in [0.1, 0.15) is 5.75 Å². The van der Waals surface area contributed by atoms with Gasteiger partial charge in [0.15, 0.2) is 0 Å². The van der Waals surface area contributed by atoms with Crippen molar-refractivity contribution in [3.05, 3.63) is 29.8 Å². The lowest BCUT2D eigenvalue weighted by molar-refractivity contribution is -0.128. The fourth-order valence-corrected chi connectivity index (χ4v) is 2.93. The highest BCUT2D eigenvalue weighted by Gasteiger charge is 2.35. The van der Waals surface area contributed by atoms with Gasteiger partial charge in [0, 0.05) is 6.54 Å². The maximum absolute atomic E-state index is 12.3. The molecule has 6 heteroatoms. The van der Waals surface area contributed by atoms with Crippen LogP contribution in [0, 0.1) is 0 Å². The quantitative estimate of drug-likeness (QED) is 0.731. The maximum Gasteiger partial charge on any atom is 0.240 e. The van der Waals surface area contributed by atoms with Crippen molar-refractivity contribution in [3.8, 4) is 5.75 Å². The second-order valence-electron chi connectivity index (χ2n) is 6.68. The summed E-state index contributed by atoms with van der Waals surface area (Å²) in [6.45, 7) is 4.10. The molecule has 5 nitrogen and oxygen atoms in total. The molecule has 1 aliphatic carbocycles. The molecule has 1 amide bonds. The van der Waals surface area contributed by atoms with E-state index >= 15 is 0 Å². The van der Waals surface area contributed by atoms with Crippen LogP contribution < -0.4 is 15.8 Å². The molecule has 1 unspecified atom stereocenters. The molecule has 1 aliphatic rings. The van der Waals surface area contributed by atoms with E-state index in [-0.39, 0.29) is 31.0 Å². The molecule has 1 aromatic rings. The number of aliphatic hydroxyl groups excluding tert-OH is 1. The number of carbonyl (C=O) groups excluding carboxylic acids is 1. The highest BCUT2D eigenvalue weighted by Crippen LogP contribution is 2.26. The van der Waals surface area contributed by atoms with Crippen LogP contribution in [0.2, 0.25) is 0 Å². The first kappa shape index (κ1) is 20.7. The number of nitrogens with two attached hydrogens (primary N) is 1. The van der Waals surface area contributed by atoms with Crippen molar-refractivity contribution >= 4 is 18.3 Å². The van der Waals surface area contributed by atoms with Crippen LogP contribution in [0.25, 0.3) is 0 Å². The molecule has 136 valence electrons. The molecule has 0 spiro atoms. The summed E-state index contributed by atoms with van der Waals surface area (Å²) in [6.07, 6.45) is 3.92. The predicted molar refractivity (Wildman–Crippen MR) is 97.4 cm³/mol. The van der Waals surface area contributed by atoms with Crippen LogP contribution in [0.4, 0.5) is 0 Å². The third-order valence-electron chi connectivity index (χ3n) is 4.29. The Balaban J connectivity index is 0.00000288. The van der Waals surface area contributed by atoms with Crippen LogP contribution in [-0.2, 0) is 4.79 Å². The summed E-state index contributed by atoms with van der Waals surface area (Å²) in [5, 5.41) is 13.0. The van der Waals surface area contributed by atoms with Crippen molar-refractivity contribution in [3.63, 3.8) is 0 Å². The summed E-state index contributed by atoms with van der Waals surface area (Å²) in [5.41, 5.74) is 6.16. The van der Waals surface area contributed by atoms with Crippen LogP contribution in [0.15, 0.2) is 24.3 Å². The molecule has 0 bridgehead atoms. The molecule has 2 rings (SSSR count). The zero-order valence-corrected chi connectivity index (χ0v) is 15.3. The Morgan fingerprint density at radius 3 is 2.38 bits per heavy atom. The van der Waals surface area contributed by atoms with Gasteiger partial charge in [-0.15, -0.1) is 12.4 Å². The molecule has 1 aromatic carbocycles. The second kappa shape index (κ2) is 9.25. The minimum Gasteiger partial charge on any atom is -0.491 e. The van der Waals surface area contributed by atoms with Crippen LogP contribution in [0.1, 0.15) is 57.6 Å². The molecule has 0 saturated heterocycles. The van der Waals surface area contributed by atoms with Gasteiger partial charge in [-0.25, -0.2) is 0 Å². The zero-order chi connectivity index (χ0) is 16.9. The van der Waals surface area contributed by atoms with Gasteiger partial charge in [-0.2, -0.15) is 0 Å². The van der Waals surface area contributed by atoms with Crippen molar-refractivity contribution < 1.29 is 14.6 Å². The number of aliphatic hydroxyl groups is 1. The van der Waals surface area contributed by atoms with Gasteiger partial charge < -0.3 is 20.9 Å². The van der Waals surface area contributed by atoms with Gasteiger partial charge in [0.05, 0.1) is 17.7 Å². The molecule has 1 atom stereocenters. The first-order valence-corrected chi connectivity index (χ1v) is 8.42. The lowest BCUT2D eigenvalue weighted by Crippen LogP contribution is -2.55. The van der Waals surface area contributed by atoms with E-state index in [4.69, 9.17) is 10.5 Å². The van der Waals surface area contributed by atoms with Crippen molar-refractivity contribution in [2.45, 2.75) is 63.7 Å². The Kier molecular flexibility index (Phi) is 8.00. The summed E-state index contributed by atoms with van der Waals surface area (Å²) in [5.74, 6) is 0.610. The van der Waals surface area contributed by atoms with Gasteiger partial charge in [-0.1, -0.05) is 31.4 Å². The first-order chi connectivity index (χ1) is 10.9. The summed E-state index contributed by atoms with van der Waals surface area (Å²) in [4.78, 5) is 12.3. The normalized spacial score (nSPS) is 17.7. The topological polar surface area (TPSA) is 84.6 Å². The number of halogens is 1. The number of hydrogen-bond acceptors (Lipinski definition) is 4. The van der Waals surface area contributed by atoms with Crippen LogP contribution >= 0.6 is 12.4 Å². The van der Waals surface area contributed by atoms with E-state index in [2.05, 4.69) is 5.32 Å². The van der Waals surface area contributed by atoms with E-state index in [1.165, 1.54) is 0 Å². The highest BCUT2D eigenvalue weighted by molar-refractivity contribution is 5.86. The van der Waals surface area contributed by atoms with Crippen LogP contribution in [0.3, 0.4) is 0 Å². The number of amides is 1. The van der Waals surface area contributed by atoms with E-state index in [9.17, 15) is 9.90 Å². The smallest absolute Gasteiger partial charge is 0.240 e. The average Bonchev–Trinajstić information content (AvgIpc) is 2.53. The van der Waals surface area contributed by atoms with E-state index < -0.39 is 11.6 Å². The summed E-state index contributed by atoms with van der Waals surface area (Å²) < 4.78 is 5.57. The summed E-state index contributed by atoms with van der Waals surface area (Å²) in [7, 11) is 0. The molecule has 1 saturated carbocycles. The fraction of sp³-hybridized carbons (Fsp3) is 0.611. The number of carbonyl (C=O) groups is 1. The Bertz CT molecular complexity index is 514. The molecule has 24 heavy (non-hydrogen) atoms. The third kappa shape index (κ3) is 5.65. The van der Waals surface area contributed by atoms with Gasteiger partial charge in [-0.3, -0.25) is 4.79 Å². The monoisotopic (exact) mass is 356 g/mol. The van der Waals surface area contributed by atoms with E-state index in [0.29, 0.717) is 0 Å². The Hall–Kier alpha value is -1.30. The molecule has 0 radical (unpaired) electrons. The maximum atomic E-state index is 12.3. The summed E-state index contributed by atoms with van der Waals surface area (Å²) >= 11 is 0. The number of nitrogens with one attached hydrogen (secondary N) is 1. The predicted octanol–water partition coefficient (Wildman–Crippen LogP) is 2.71. The van der Waals surface area contributed by atoms with Crippen LogP contribution in [-0.4, -0.2) is 29.2 Å². The minimum atomic E-state index is -0.771. The number of rotatable bonds is 6.